The van der Waals surface area contributed by atoms with Gasteiger partial charge in [-0.3, -0.25) is 4.79 Å². The first kappa shape index (κ1) is 9.97. The number of methoxy groups -OCH3 is 1. The zero-order valence-electron chi connectivity index (χ0n) is 8.79. The summed E-state index contributed by atoms with van der Waals surface area (Å²) in [6.07, 6.45) is 6.29. The Morgan fingerprint density at radius 1 is 1.29 bits per heavy atom. The number of carbonyl (C=O) groups excluding carboxylic acids is 1. The van der Waals surface area contributed by atoms with E-state index in [0.29, 0.717) is 6.04 Å². The second-order valence-corrected chi connectivity index (χ2v) is 4.50. The van der Waals surface area contributed by atoms with Gasteiger partial charge in [-0.1, -0.05) is 6.42 Å². The Kier molecular flexibility index (Phi) is 3.06. The van der Waals surface area contributed by atoms with Crippen molar-refractivity contribution in [2.45, 2.75) is 38.1 Å². The first-order valence-corrected chi connectivity index (χ1v) is 5.62. The van der Waals surface area contributed by atoms with Gasteiger partial charge in [-0.05, 0) is 31.6 Å². The van der Waals surface area contributed by atoms with Crippen molar-refractivity contribution in [1.82, 2.24) is 5.32 Å². The molecule has 0 radical (unpaired) electrons. The molecule has 2 rings (SSSR count). The number of nitrogens with one attached hydrogen (secondary N) is 1. The summed E-state index contributed by atoms with van der Waals surface area (Å²) in [6.45, 7) is 0.813. The van der Waals surface area contributed by atoms with E-state index in [1.54, 1.807) is 0 Å². The van der Waals surface area contributed by atoms with Crippen LogP contribution in [-0.2, 0) is 9.53 Å². The highest BCUT2D eigenvalue weighted by Crippen LogP contribution is 2.33. The van der Waals surface area contributed by atoms with Gasteiger partial charge in [0.25, 0.3) is 0 Å². The minimum Gasteiger partial charge on any atom is -0.469 e. The molecule has 2 aliphatic rings. The van der Waals surface area contributed by atoms with Crippen molar-refractivity contribution in [3.05, 3.63) is 0 Å². The third-order valence-electron chi connectivity index (χ3n) is 3.71. The van der Waals surface area contributed by atoms with Crippen LogP contribution in [0.15, 0.2) is 0 Å². The molecular weight excluding hydrogens is 178 g/mol. The van der Waals surface area contributed by atoms with Crippen LogP contribution >= 0.6 is 0 Å². The average molecular weight is 197 g/mol. The van der Waals surface area contributed by atoms with E-state index >= 15 is 0 Å². The highest BCUT2D eigenvalue weighted by Gasteiger charge is 2.32. The maximum absolute atomic E-state index is 11.3. The molecule has 14 heavy (non-hydrogen) atoms. The van der Waals surface area contributed by atoms with Crippen LogP contribution < -0.4 is 5.32 Å². The number of carbonyl (C=O) groups is 1. The Morgan fingerprint density at radius 3 is 2.50 bits per heavy atom. The minimum absolute atomic E-state index is 0.0513. The fraction of sp³-hybridized carbons (Fsp3) is 0.909. The van der Waals surface area contributed by atoms with E-state index in [4.69, 9.17) is 4.74 Å². The molecule has 3 nitrogen and oxygen atoms in total. The van der Waals surface area contributed by atoms with E-state index in [1.807, 2.05) is 0 Å². The summed E-state index contributed by atoms with van der Waals surface area (Å²) in [6, 6.07) is 0.671. The summed E-state index contributed by atoms with van der Waals surface area (Å²) >= 11 is 0. The summed E-state index contributed by atoms with van der Waals surface area (Å²) in [7, 11) is 1.47. The Balaban J connectivity index is 1.76. The summed E-state index contributed by atoms with van der Waals surface area (Å²) in [5, 5.41) is 3.49. The summed E-state index contributed by atoms with van der Waals surface area (Å²) in [5.74, 6) is 0.925. The number of hydrogen-bond donors (Lipinski definition) is 1. The van der Waals surface area contributed by atoms with E-state index in [-0.39, 0.29) is 11.9 Å². The lowest BCUT2D eigenvalue weighted by molar-refractivity contribution is -0.146. The van der Waals surface area contributed by atoms with Crippen molar-refractivity contribution in [2.24, 2.45) is 11.8 Å². The topological polar surface area (TPSA) is 38.3 Å². The molecule has 1 heterocycles. The highest BCUT2D eigenvalue weighted by atomic mass is 16.5. The molecule has 0 amide bonds. The monoisotopic (exact) mass is 197 g/mol. The van der Waals surface area contributed by atoms with Gasteiger partial charge in [-0.2, -0.15) is 0 Å². The standard InChI is InChI=1S/C11H19NO2/c1-14-11(13)9-5-6-10(12-7-9)8-3-2-4-8/h8-10,12H,2-7H2,1H3/t9-,10+/m1/s1. The van der Waals surface area contributed by atoms with Crippen LogP contribution in [0.3, 0.4) is 0 Å². The Bertz CT molecular complexity index is 205. The largest absolute Gasteiger partial charge is 0.469 e. The maximum atomic E-state index is 11.3. The zero-order valence-corrected chi connectivity index (χ0v) is 8.79. The lowest BCUT2D eigenvalue weighted by Crippen LogP contribution is -2.47. The molecule has 1 aliphatic carbocycles. The lowest BCUT2D eigenvalue weighted by Gasteiger charge is -2.38. The van der Waals surface area contributed by atoms with Crippen molar-refractivity contribution in [3.63, 3.8) is 0 Å². The SMILES string of the molecule is COC(=O)[C@@H]1CC[C@@H](C2CCC2)NC1. The fourth-order valence-corrected chi connectivity index (χ4v) is 2.49. The summed E-state index contributed by atoms with van der Waals surface area (Å²) in [4.78, 5) is 11.3. The first-order valence-electron chi connectivity index (χ1n) is 5.62. The molecule has 1 aliphatic heterocycles. The fourth-order valence-electron chi connectivity index (χ4n) is 2.49. The van der Waals surface area contributed by atoms with Gasteiger partial charge >= 0.3 is 5.97 Å². The van der Waals surface area contributed by atoms with E-state index in [0.717, 1.165) is 25.3 Å². The van der Waals surface area contributed by atoms with Crippen LogP contribution in [0.1, 0.15) is 32.1 Å². The normalized spacial score (nSPS) is 33.5. The molecule has 3 heteroatoms. The highest BCUT2D eigenvalue weighted by molar-refractivity contribution is 5.72. The van der Waals surface area contributed by atoms with E-state index < -0.39 is 0 Å². The van der Waals surface area contributed by atoms with E-state index in [2.05, 4.69) is 5.32 Å². The van der Waals surface area contributed by atoms with Crippen LogP contribution in [-0.4, -0.2) is 25.7 Å². The first-order chi connectivity index (χ1) is 6.81. The summed E-state index contributed by atoms with van der Waals surface area (Å²) < 4.78 is 4.75. The molecule has 1 N–H and O–H groups in total. The minimum atomic E-state index is -0.0513. The molecule has 0 aromatic carbocycles. The third kappa shape index (κ3) is 1.92. The molecule has 1 saturated heterocycles. The summed E-state index contributed by atoms with van der Waals surface area (Å²) in [5.41, 5.74) is 0. The Hall–Kier alpha value is -0.570. The van der Waals surface area contributed by atoms with E-state index in [9.17, 15) is 4.79 Å². The van der Waals surface area contributed by atoms with Crippen LogP contribution in [0.4, 0.5) is 0 Å². The molecule has 0 bridgehead atoms. The smallest absolute Gasteiger partial charge is 0.309 e. The molecular formula is C11H19NO2. The van der Waals surface area contributed by atoms with Gasteiger partial charge in [0.05, 0.1) is 13.0 Å². The predicted molar refractivity (Wildman–Crippen MR) is 53.9 cm³/mol. The van der Waals surface area contributed by atoms with Gasteiger partial charge in [-0.25, -0.2) is 0 Å². The van der Waals surface area contributed by atoms with E-state index in [1.165, 1.54) is 26.4 Å². The van der Waals surface area contributed by atoms with Gasteiger partial charge in [-0.15, -0.1) is 0 Å². The lowest BCUT2D eigenvalue weighted by atomic mass is 9.76. The number of piperidine rings is 1. The van der Waals surface area contributed by atoms with Gasteiger partial charge in [0, 0.05) is 12.6 Å². The number of esters is 1. The molecule has 0 aromatic heterocycles. The molecule has 0 unspecified atom stereocenters. The Labute approximate surface area is 85.2 Å². The van der Waals surface area contributed by atoms with Crippen LogP contribution in [0, 0.1) is 11.8 Å². The van der Waals surface area contributed by atoms with Crippen molar-refractivity contribution in [2.75, 3.05) is 13.7 Å². The van der Waals surface area contributed by atoms with Gasteiger partial charge < -0.3 is 10.1 Å². The van der Waals surface area contributed by atoms with Crippen LogP contribution in [0.2, 0.25) is 0 Å². The molecule has 0 aromatic rings. The molecule has 1 saturated carbocycles. The number of ether oxygens (including phenoxy) is 1. The number of rotatable bonds is 2. The van der Waals surface area contributed by atoms with Crippen molar-refractivity contribution >= 4 is 5.97 Å². The van der Waals surface area contributed by atoms with Crippen molar-refractivity contribution in [1.29, 1.82) is 0 Å². The van der Waals surface area contributed by atoms with Crippen LogP contribution in [0.25, 0.3) is 0 Å². The van der Waals surface area contributed by atoms with Crippen LogP contribution in [0.5, 0.6) is 0 Å². The predicted octanol–water partition coefficient (Wildman–Crippen LogP) is 1.33. The van der Waals surface area contributed by atoms with Crippen molar-refractivity contribution in [3.8, 4) is 0 Å². The third-order valence-corrected chi connectivity index (χ3v) is 3.71. The van der Waals surface area contributed by atoms with Gasteiger partial charge in [0.15, 0.2) is 0 Å². The maximum Gasteiger partial charge on any atom is 0.309 e. The molecule has 2 atom stereocenters. The van der Waals surface area contributed by atoms with Gasteiger partial charge in [0.1, 0.15) is 0 Å². The molecule has 0 spiro atoms. The second-order valence-electron chi connectivity index (χ2n) is 4.50. The average Bonchev–Trinajstić information content (AvgIpc) is 2.15. The molecule has 80 valence electrons. The molecule has 2 fully saturated rings. The number of hydrogen-bond acceptors (Lipinski definition) is 3. The van der Waals surface area contributed by atoms with Crippen molar-refractivity contribution < 1.29 is 9.53 Å². The Morgan fingerprint density at radius 2 is 2.07 bits per heavy atom. The van der Waals surface area contributed by atoms with Gasteiger partial charge in [0.2, 0.25) is 0 Å². The quantitative estimate of drug-likeness (QED) is 0.679. The zero-order chi connectivity index (χ0) is 9.97. The second kappa shape index (κ2) is 4.30.